The predicted octanol–water partition coefficient (Wildman–Crippen LogP) is 2.73. The number of benzene rings is 1. The van der Waals surface area contributed by atoms with Gasteiger partial charge in [-0.2, -0.15) is 11.8 Å². The molecule has 0 aliphatic carbocycles. The summed E-state index contributed by atoms with van der Waals surface area (Å²) in [5, 5.41) is 11.2. The molecule has 1 aliphatic heterocycles. The Morgan fingerprint density at radius 2 is 2.14 bits per heavy atom. The number of nitro groups is 1. The number of nitrogens with zero attached hydrogens (tertiary/aromatic N) is 3. The number of aliphatic imine (C=N–C) groups is 1. The molecule has 0 atom stereocenters. The number of hydrogen-bond donors (Lipinski definition) is 1. The monoisotopic (exact) mass is 442 g/mol. The normalized spacial score (nSPS) is 15.5. The molecule has 6 nitrogen and oxygen atoms in total. The Labute approximate surface area is 149 Å². The molecule has 0 saturated carbocycles. The zero-order valence-electron chi connectivity index (χ0n) is 11.2. The second kappa shape index (κ2) is 8.64. The highest BCUT2D eigenvalue weighted by atomic mass is 127. The van der Waals surface area contributed by atoms with Crippen LogP contribution in [-0.2, 0) is 6.54 Å². The van der Waals surface area contributed by atoms with Crippen LogP contribution >= 0.6 is 47.3 Å². The fraction of sp³-hybridized carbons (Fsp3) is 0.417. The molecule has 116 valence electrons. The van der Waals surface area contributed by atoms with E-state index in [2.05, 4.69) is 4.99 Å². The van der Waals surface area contributed by atoms with Crippen molar-refractivity contribution in [2.75, 3.05) is 24.6 Å². The molecule has 1 fully saturated rings. The third-order valence-electron chi connectivity index (χ3n) is 2.99. The highest BCUT2D eigenvalue weighted by molar-refractivity contribution is 14.0. The van der Waals surface area contributed by atoms with Gasteiger partial charge in [-0.25, -0.2) is 4.99 Å². The summed E-state index contributed by atoms with van der Waals surface area (Å²) in [5.41, 5.74) is 6.55. The molecule has 1 heterocycles. The molecule has 21 heavy (non-hydrogen) atoms. The molecule has 0 bridgehead atoms. The molecule has 0 spiro atoms. The Kier molecular flexibility index (Phi) is 7.53. The lowest BCUT2D eigenvalue weighted by Crippen LogP contribution is -2.42. The van der Waals surface area contributed by atoms with E-state index in [0.717, 1.165) is 24.6 Å². The molecule has 1 aromatic carbocycles. The Morgan fingerprint density at radius 3 is 2.76 bits per heavy atom. The number of guanidine groups is 1. The highest BCUT2D eigenvalue weighted by Gasteiger charge is 2.13. The third kappa shape index (κ3) is 5.19. The third-order valence-corrected chi connectivity index (χ3v) is 4.30. The molecule has 0 radical (unpaired) electrons. The minimum atomic E-state index is -0.450. The van der Waals surface area contributed by atoms with Crippen molar-refractivity contribution in [3.05, 3.63) is 38.9 Å². The largest absolute Gasteiger partial charge is 0.370 e. The van der Waals surface area contributed by atoms with Crippen molar-refractivity contribution in [1.82, 2.24) is 4.90 Å². The molecule has 0 unspecified atom stereocenters. The fourth-order valence-electron chi connectivity index (χ4n) is 1.85. The molecule has 1 saturated heterocycles. The first kappa shape index (κ1) is 18.3. The predicted molar refractivity (Wildman–Crippen MR) is 97.7 cm³/mol. The summed E-state index contributed by atoms with van der Waals surface area (Å²) in [6, 6.07) is 4.32. The van der Waals surface area contributed by atoms with Gasteiger partial charge in [0.2, 0.25) is 0 Å². The quantitative estimate of drug-likeness (QED) is 0.256. The summed E-state index contributed by atoms with van der Waals surface area (Å²) in [4.78, 5) is 16.6. The molecule has 1 aliphatic rings. The van der Waals surface area contributed by atoms with Gasteiger partial charge in [0.1, 0.15) is 0 Å². The maximum absolute atomic E-state index is 10.7. The van der Waals surface area contributed by atoms with Gasteiger partial charge < -0.3 is 10.6 Å². The number of halogens is 2. The van der Waals surface area contributed by atoms with Gasteiger partial charge in [0.25, 0.3) is 5.69 Å². The van der Waals surface area contributed by atoms with Gasteiger partial charge in [0.15, 0.2) is 5.96 Å². The molecule has 2 rings (SSSR count). The second-order valence-electron chi connectivity index (χ2n) is 4.31. The number of rotatable bonds is 3. The summed E-state index contributed by atoms with van der Waals surface area (Å²) in [5.74, 6) is 2.54. The highest BCUT2D eigenvalue weighted by Crippen LogP contribution is 2.22. The molecular weight excluding hydrogens is 427 g/mol. The van der Waals surface area contributed by atoms with Crippen molar-refractivity contribution in [1.29, 1.82) is 0 Å². The Balaban J connectivity index is 0.00000220. The van der Waals surface area contributed by atoms with Crippen LogP contribution in [0.15, 0.2) is 23.2 Å². The minimum Gasteiger partial charge on any atom is -0.370 e. The van der Waals surface area contributed by atoms with E-state index >= 15 is 0 Å². The van der Waals surface area contributed by atoms with Crippen molar-refractivity contribution in [3.63, 3.8) is 0 Å². The smallest absolute Gasteiger partial charge is 0.269 e. The lowest BCUT2D eigenvalue weighted by molar-refractivity contribution is -0.384. The Hall–Kier alpha value is -0.740. The Morgan fingerprint density at radius 1 is 1.48 bits per heavy atom. The molecule has 9 heteroatoms. The van der Waals surface area contributed by atoms with E-state index in [1.165, 1.54) is 18.2 Å². The van der Waals surface area contributed by atoms with Gasteiger partial charge in [-0.15, -0.1) is 24.0 Å². The van der Waals surface area contributed by atoms with Crippen LogP contribution in [0, 0.1) is 10.1 Å². The topological polar surface area (TPSA) is 84.8 Å². The lowest BCUT2D eigenvalue weighted by atomic mass is 10.2. The number of nitro benzene ring substituents is 1. The average molecular weight is 443 g/mol. The summed E-state index contributed by atoms with van der Waals surface area (Å²) in [6.45, 7) is 2.00. The fourth-order valence-corrected chi connectivity index (χ4v) is 2.93. The average Bonchev–Trinajstić information content (AvgIpc) is 2.46. The molecular formula is C12H16ClIN4O2S. The number of hydrogen-bond acceptors (Lipinski definition) is 4. The van der Waals surface area contributed by atoms with Crippen molar-refractivity contribution < 1.29 is 4.92 Å². The van der Waals surface area contributed by atoms with E-state index in [1.807, 2.05) is 16.7 Å². The van der Waals surface area contributed by atoms with Crippen LogP contribution in [0.4, 0.5) is 5.69 Å². The summed E-state index contributed by atoms with van der Waals surface area (Å²) in [7, 11) is 0. The SMILES string of the molecule is I.NC(=NCc1cc([N+](=O)[O-])ccc1Cl)N1CCSCC1. The van der Waals surface area contributed by atoms with Crippen molar-refractivity contribution in [3.8, 4) is 0 Å². The van der Waals surface area contributed by atoms with E-state index in [0.29, 0.717) is 16.5 Å². The molecule has 2 N–H and O–H groups in total. The molecule has 0 aromatic heterocycles. The second-order valence-corrected chi connectivity index (χ2v) is 5.94. The van der Waals surface area contributed by atoms with Crippen LogP contribution < -0.4 is 5.73 Å². The maximum atomic E-state index is 10.7. The van der Waals surface area contributed by atoms with Crippen LogP contribution in [0.2, 0.25) is 5.02 Å². The van der Waals surface area contributed by atoms with Gasteiger partial charge in [-0.3, -0.25) is 10.1 Å². The zero-order valence-corrected chi connectivity index (χ0v) is 15.1. The zero-order chi connectivity index (χ0) is 14.5. The minimum absolute atomic E-state index is 0. The van der Waals surface area contributed by atoms with Crippen molar-refractivity contribution in [2.45, 2.75) is 6.54 Å². The number of thioether (sulfide) groups is 1. The summed E-state index contributed by atoms with van der Waals surface area (Å²) in [6.07, 6.45) is 0. The van der Waals surface area contributed by atoms with Gasteiger partial charge in [0.05, 0.1) is 11.5 Å². The van der Waals surface area contributed by atoms with Crippen LogP contribution in [-0.4, -0.2) is 40.4 Å². The van der Waals surface area contributed by atoms with Crippen molar-refractivity contribution >= 4 is 59.0 Å². The van der Waals surface area contributed by atoms with Crippen molar-refractivity contribution in [2.24, 2.45) is 10.7 Å². The van der Waals surface area contributed by atoms with Gasteiger partial charge >= 0.3 is 0 Å². The van der Waals surface area contributed by atoms with Crippen LogP contribution in [0.5, 0.6) is 0 Å². The van der Waals surface area contributed by atoms with E-state index < -0.39 is 4.92 Å². The van der Waals surface area contributed by atoms with E-state index in [9.17, 15) is 10.1 Å². The molecule has 0 amide bonds. The van der Waals surface area contributed by atoms with Gasteiger partial charge in [0, 0.05) is 41.8 Å². The first-order valence-corrected chi connectivity index (χ1v) is 7.66. The van der Waals surface area contributed by atoms with E-state index in [-0.39, 0.29) is 36.2 Å². The Bertz CT molecular complexity index is 538. The first-order valence-electron chi connectivity index (χ1n) is 6.13. The summed E-state index contributed by atoms with van der Waals surface area (Å²) < 4.78 is 0. The summed E-state index contributed by atoms with van der Waals surface area (Å²) >= 11 is 7.91. The first-order chi connectivity index (χ1) is 9.58. The van der Waals surface area contributed by atoms with Crippen LogP contribution in [0.3, 0.4) is 0 Å². The van der Waals surface area contributed by atoms with Gasteiger partial charge in [-0.05, 0) is 11.6 Å². The molecule has 1 aromatic rings. The van der Waals surface area contributed by atoms with E-state index in [1.54, 1.807) is 0 Å². The number of non-ortho nitro benzene ring substituents is 1. The number of nitrogens with two attached hydrogens (primary N) is 1. The van der Waals surface area contributed by atoms with Gasteiger partial charge in [-0.1, -0.05) is 11.6 Å². The lowest BCUT2D eigenvalue weighted by Gasteiger charge is -2.27. The van der Waals surface area contributed by atoms with Crippen LogP contribution in [0.1, 0.15) is 5.56 Å². The van der Waals surface area contributed by atoms with Crippen LogP contribution in [0.25, 0.3) is 0 Å². The standard InChI is InChI=1S/C12H15ClN4O2S.HI/c13-11-2-1-10(17(18)19)7-9(11)8-15-12(14)16-3-5-20-6-4-16;/h1-2,7H,3-6,8H2,(H2,14,15);1H. The van der Waals surface area contributed by atoms with E-state index in [4.69, 9.17) is 17.3 Å². The maximum Gasteiger partial charge on any atom is 0.269 e.